The Kier molecular flexibility index (Phi) is 7.53. The monoisotopic (exact) mass is 432 g/mol. The third kappa shape index (κ3) is 6.23. The molecule has 30 heavy (non-hydrogen) atoms. The number of ether oxygens (including phenoxy) is 1. The van der Waals surface area contributed by atoms with Gasteiger partial charge in [0.2, 0.25) is 15.9 Å². The summed E-state index contributed by atoms with van der Waals surface area (Å²) in [6, 6.07) is 13.2. The molecule has 6 nitrogen and oxygen atoms in total. The van der Waals surface area contributed by atoms with Crippen molar-refractivity contribution in [3.05, 3.63) is 59.2 Å². The fourth-order valence-corrected chi connectivity index (χ4v) is 4.04. The second-order valence-electron chi connectivity index (χ2n) is 8.43. The zero-order valence-corrected chi connectivity index (χ0v) is 19.5. The molecule has 0 bridgehead atoms. The number of carbonyl (C=O) groups is 1. The van der Waals surface area contributed by atoms with E-state index in [-0.39, 0.29) is 24.4 Å². The van der Waals surface area contributed by atoms with Crippen molar-refractivity contribution in [3.63, 3.8) is 0 Å². The van der Waals surface area contributed by atoms with E-state index in [1.807, 2.05) is 44.2 Å². The molecule has 0 atom stereocenters. The second kappa shape index (κ2) is 9.51. The van der Waals surface area contributed by atoms with Crippen molar-refractivity contribution in [2.75, 3.05) is 30.3 Å². The molecular weight excluding hydrogens is 400 g/mol. The molecule has 1 N–H and O–H groups in total. The van der Waals surface area contributed by atoms with Crippen LogP contribution in [0.25, 0.3) is 0 Å². The lowest BCUT2D eigenvalue weighted by Crippen LogP contribution is -2.41. The molecule has 0 saturated heterocycles. The van der Waals surface area contributed by atoms with Crippen LogP contribution in [0.5, 0.6) is 5.75 Å². The van der Waals surface area contributed by atoms with Crippen molar-refractivity contribution in [2.45, 2.75) is 40.0 Å². The number of para-hydroxylation sites is 1. The van der Waals surface area contributed by atoms with E-state index in [2.05, 4.69) is 26.1 Å². The first-order valence-electron chi connectivity index (χ1n) is 9.94. The van der Waals surface area contributed by atoms with Crippen molar-refractivity contribution in [3.8, 4) is 5.75 Å². The van der Waals surface area contributed by atoms with Gasteiger partial charge in [0.05, 0.1) is 18.5 Å². The first kappa shape index (κ1) is 23.7. The molecule has 164 valence electrons. The molecule has 7 heteroatoms. The molecule has 0 aliphatic heterocycles. The molecule has 2 rings (SSSR count). The maximum Gasteiger partial charge on any atom is 0.240 e. The predicted molar refractivity (Wildman–Crippen MR) is 122 cm³/mol. The predicted octanol–water partition coefficient (Wildman–Crippen LogP) is 3.56. The zero-order chi connectivity index (χ0) is 22.5. The van der Waals surface area contributed by atoms with E-state index < -0.39 is 10.0 Å². The molecule has 0 spiro atoms. The molecule has 0 fully saturated rings. The van der Waals surface area contributed by atoms with E-state index in [0.717, 1.165) is 33.0 Å². The smallest absolute Gasteiger partial charge is 0.240 e. The van der Waals surface area contributed by atoms with Crippen molar-refractivity contribution in [2.24, 2.45) is 0 Å². The zero-order valence-electron chi connectivity index (χ0n) is 18.7. The van der Waals surface area contributed by atoms with Crippen molar-refractivity contribution in [1.29, 1.82) is 0 Å². The minimum atomic E-state index is -3.61. The average molecular weight is 433 g/mol. The summed E-state index contributed by atoms with van der Waals surface area (Å²) in [6.07, 6.45) is 1.11. The quantitative estimate of drug-likeness (QED) is 0.647. The Morgan fingerprint density at radius 2 is 1.73 bits per heavy atom. The summed E-state index contributed by atoms with van der Waals surface area (Å²) in [4.78, 5) is 12.4. The summed E-state index contributed by atoms with van der Waals surface area (Å²) in [5.74, 6) is 0.404. The number of carbonyl (C=O) groups excluding carboxylic acids is 1. The number of benzene rings is 2. The molecule has 0 aliphatic carbocycles. The van der Waals surface area contributed by atoms with Gasteiger partial charge in [-0.2, -0.15) is 0 Å². The summed E-state index contributed by atoms with van der Waals surface area (Å²) in [7, 11) is -3.61. The number of sulfonamides is 1. The van der Waals surface area contributed by atoms with Crippen LogP contribution in [0.15, 0.2) is 42.5 Å². The van der Waals surface area contributed by atoms with Gasteiger partial charge in [0.25, 0.3) is 0 Å². The normalized spacial score (nSPS) is 11.8. The molecule has 0 aromatic heterocycles. The van der Waals surface area contributed by atoms with Gasteiger partial charge in [0.1, 0.15) is 18.9 Å². The van der Waals surface area contributed by atoms with Crippen LogP contribution in [-0.2, 0) is 20.2 Å². The summed E-state index contributed by atoms with van der Waals surface area (Å²) in [5, 5.41) is 2.75. The van der Waals surface area contributed by atoms with Crippen molar-refractivity contribution >= 4 is 21.6 Å². The van der Waals surface area contributed by atoms with Gasteiger partial charge in [-0.1, -0.05) is 51.1 Å². The minimum absolute atomic E-state index is 0.0541. The highest BCUT2D eigenvalue weighted by Crippen LogP contribution is 2.30. The molecule has 0 heterocycles. The molecule has 2 aromatic carbocycles. The van der Waals surface area contributed by atoms with Crippen LogP contribution in [-0.4, -0.2) is 40.3 Å². The molecule has 0 radical (unpaired) electrons. The molecule has 0 saturated carbocycles. The Labute approximate surface area is 180 Å². The highest BCUT2D eigenvalue weighted by Gasteiger charge is 2.23. The fourth-order valence-electron chi connectivity index (χ4n) is 3.14. The first-order valence-corrected chi connectivity index (χ1v) is 11.8. The Balaban J connectivity index is 1.99. The van der Waals surface area contributed by atoms with Gasteiger partial charge in [-0.05, 0) is 48.1 Å². The Morgan fingerprint density at radius 3 is 2.37 bits per heavy atom. The van der Waals surface area contributed by atoms with Gasteiger partial charge in [0, 0.05) is 0 Å². The number of nitrogens with one attached hydrogen (secondary N) is 1. The summed E-state index contributed by atoms with van der Waals surface area (Å²) in [5.41, 5.74) is 3.35. The lowest BCUT2D eigenvalue weighted by Gasteiger charge is -2.24. The van der Waals surface area contributed by atoms with Crippen LogP contribution >= 0.6 is 0 Å². The number of aryl methyl sites for hydroxylation is 1. The van der Waals surface area contributed by atoms with Crippen LogP contribution in [0, 0.1) is 13.8 Å². The number of anilines is 1. The molecule has 2 aromatic rings. The number of amides is 1. The lowest BCUT2D eigenvalue weighted by atomic mass is 9.86. The number of hydrogen-bond donors (Lipinski definition) is 1. The number of rotatable bonds is 8. The van der Waals surface area contributed by atoms with Gasteiger partial charge in [0.15, 0.2) is 0 Å². The maximum absolute atomic E-state index is 12.4. The van der Waals surface area contributed by atoms with Gasteiger partial charge < -0.3 is 10.1 Å². The number of nitrogens with zero attached hydrogens (tertiary/aromatic N) is 1. The highest BCUT2D eigenvalue weighted by molar-refractivity contribution is 7.92. The number of hydrogen-bond acceptors (Lipinski definition) is 4. The van der Waals surface area contributed by atoms with E-state index in [0.29, 0.717) is 12.3 Å². The highest BCUT2D eigenvalue weighted by atomic mass is 32.2. The van der Waals surface area contributed by atoms with E-state index in [1.54, 1.807) is 12.1 Å². The van der Waals surface area contributed by atoms with Crippen LogP contribution in [0.3, 0.4) is 0 Å². The summed E-state index contributed by atoms with van der Waals surface area (Å²) < 4.78 is 31.6. The van der Waals surface area contributed by atoms with Gasteiger partial charge in [-0.15, -0.1) is 0 Å². The summed E-state index contributed by atoms with van der Waals surface area (Å²) in [6.45, 7) is 10.4. The van der Waals surface area contributed by atoms with Crippen LogP contribution in [0.1, 0.15) is 37.5 Å². The van der Waals surface area contributed by atoms with Crippen LogP contribution < -0.4 is 14.4 Å². The van der Waals surface area contributed by atoms with Crippen LogP contribution in [0.4, 0.5) is 5.69 Å². The third-order valence-electron chi connectivity index (χ3n) is 4.91. The molecular formula is C23H32N2O4S. The Hall–Kier alpha value is -2.54. The Bertz CT molecular complexity index is 995. The van der Waals surface area contributed by atoms with Gasteiger partial charge in [-0.25, -0.2) is 8.42 Å². The minimum Gasteiger partial charge on any atom is -0.491 e. The van der Waals surface area contributed by atoms with Gasteiger partial charge in [-0.3, -0.25) is 9.10 Å². The standard InChI is InChI=1S/C23H32N2O4S/c1-17-10-9-12-20(18(17)2)25(30(6,27)28)16-22(26)24-14-15-29-21-13-8-7-11-19(21)23(3,4)5/h7-13H,14-16H2,1-6H3,(H,24,26). The van der Waals surface area contributed by atoms with E-state index in [4.69, 9.17) is 4.74 Å². The first-order chi connectivity index (χ1) is 13.9. The topological polar surface area (TPSA) is 75.7 Å². The Morgan fingerprint density at radius 1 is 1.07 bits per heavy atom. The van der Waals surface area contributed by atoms with E-state index in [1.165, 1.54) is 0 Å². The average Bonchev–Trinajstić information content (AvgIpc) is 2.64. The molecule has 0 aliphatic rings. The molecule has 0 unspecified atom stereocenters. The fraction of sp³-hybridized carbons (Fsp3) is 0.435. The maximum atomic E-state index is 12.4. The third-order valence-corrected chi connectivity index (χ3v) is 6.04. The van der Waals surface area contributed by atoms with E-state index >= 15 is 0 Å². The van der Waals surface area contributed by atoms with E-state index in [9.17, 15) is 13.2 Å². The molecule has 1 amide bonds. The summed E-state index contributed by atoms with van der Waals surface area (Å²) >= 11 is 0. The van der Waals surface area contributed by atoms with Gasteiger partial charge >= 0.3 is 0 Å². The SMILES string of the molecule is Cc1cccc(N(CC(=O)NCCOc2ccccc2C(C)(C)C)S(C)(=O)=O)c1C. The van der Waals surface area contributed by atoms with Crippen molar-refractivity contribution < 1.29 is 17.9 Å². The largest absolute Gasteiger partial charge is 0.491 e. The lowest BCUT2D eigenvalue weighted by molar-refractivity contribution is -0.119. The van der Waals surface area contributed by atoms with Crippen LogP contribution in [0.2, 0.25) is 0 Å². The van der Waals surface area contributed by atoms with Crippen molar-refractivity contribution in [1.82, 2.24) is 5.32 Å². The second-order valence-corrected chi connectivity index (χ2v) is 10.3.